The lowest BCUT2D eigenvalue weighted by atomic mass is 9.94. The number of likely N-dealkylation sites (N-methyl/N-ethyl adjacent to an activating group) is 1. The predicted octanol–water partition coefficient (Wildman–Crippen LogP) is 4.47. The van der Waals surface area contributed by atoms with Crippen molar-refractivity contribution in [2.45, 2.75) is 52.0 Å². The molecule has 0 aliphatic heterocycles. The molecule has 1 aromatic rings. The van der Waals surface area contributed by atoms with Crippen LogP contribution in [0.1, 0.15) is 54.8 Å². The Hall–Kier alpha value is -1.09. The zero-order valence-corrected chi connectivity index (χ0v) is 12.9. The first-order valence-electron chi connectivity index (χ1n) is 7.10. The highest BCUT2D eigenvalue weighted by Gasteiger charge is 2.18. The van der Waals surface area contributed by atoms with E-state index in [0.29, 0.717) is 0 Å². The van der Waals surface area contributed by atoms with Gasteiger partial charge in [0.05, 0.1) is 6.04 Å². The molecule has 0 bridgehead atoms. The molecule has 19 heavy (non-hydrogen) atoms. The number of amides is 1. The lowest BCUT2D eigenvalue weighted by Gasteiger charge is -2.24. The average Bonchev–Trinajstić information content (AvgIpc) is 2.85. The number of aryl methyl sites for hydroxylation is 1. The summed E-state index contributed by atoms with van der Waals surface area (Å²) in [6.07, 6.45) is 7.87. The van der Waals surface area contributed by atoms with Crippen LogP contribution in [-0.4, -0.2) is 17.9 Å². The van der Waals surface area contributed by atoms with Gasteiger partial charge in [-0.25, -0.2) is 0 Å². The van der Waals surface area contributed by atoms with Gasteiger partial charge in [0.1, 0.15) is 0 Å². The normalized spacial score (nSPS) is 17.1. The van der Waals surface area contributed by atoms with Crippen molar-refractivity contribution in [3.8, 4) is 0 Å². The standard InChI is InChI=1S/C16H23NOS/c1-12-9-10-15(19-12)13(2)17(3)16(18)11-14-7-5-4-6-8-14/h9-11,13H,4-8H2,1-3H3. The summed E-state index contributed by atoms with van der Waals surface area (Å²) in [6.45, 7) is 4.20. The molecule has 1 atom stereocenters. The molecular formula is C16H23NOS. The van der Waals surface area contributed by atoms with E-state index in [1.807, 2.05) is 18.0 Å². The number of allylic oxidation sites excluding steroid dienone is 1. The van der Waals surface area contributed by atoms with Gasteiger partial charge in [-0.3, -0.25) is 4.79 Å². The van der Waals surface area contributed by atoms with Gasteiger partial charge in [-0.2, -0.15) is 0 Å². The van der Waals surface area contributed by atoms with E-state index in [1.165, 1.54) is 34.6 Å². The highest BCUT2D eigenvalue weighted by Crippen LogP contribution is 2.27. The number of thiophene rings is 1. The molecule has 1 heterocycles. The van der Waals surface area contributed by atoms with E-state index in [9.17, 15) is 4.79 Å². The fourth-order valence-corrected chi connectivity index (χ4v) is 3.46. The maximum absolute atomic E-state index is 12.3. The van der Waals surface area contributed by atoms with E-state index < -0.39 is 0 Å². The number of nitrogens with zero attached hydrogens (tertiary/aromatic N) is 1. The zero-order chi connectivity index (χ0) is 13.8. The van der Waals surface area contributed by atoms with Crippen molar-refractivity contribution < 1.29 is 4.79 Å². The third kappa shape index (κ3) is 3.69. The minimum atomic E-state index is 0.149. The SMILES string of the molecule is Cc1ccc(C(C)N(C)C(=O)C=C2CCCCC2)s1. The fourth-order valence-electron chi connectivity index (χ4n) is 2.49. The molecule has 1 fully saturated rings. The van der Waals surface area contributed by atoms with Crippen molar-refractivity contribution in [2.75, 3.05) is 7.05 Å². The van der Waals surface area contributed by atoms with Crippen LogP contribution in [-0.2, 0) is 4.79 Å². The summed E-state index contributed by atoms with van der Waals surface area (Å²) >= 11 is 1.77. The summed E-state index contributed by atoms with van der Waals surface area (Å²) in [6, 6.07) is 4.41. The topological polar surface area (TPSA) is 20.3 Å². The number of hydrogen-bond acceptors (Lipinski definition) is 2. The van der Waals surface area contributed by atoms with Crippen LogP contribution in [0.25, 0.3) is 0 Å². The maximum atomic E-state index is 12.3. The molecule has 0 spiro atoms. The first-order valence-corrected chi connectivity index (χ1v) is 7.92. The highest BCUT2D eigenvalue weighted by molar-refractivity contribution is 7.12. The predicted molar refractivity (Wildman–Crippen MR) is 81.4 cm³/mol. The largest absolute Gasteiger partial charge is 0.335 e. The molecule has 104 valence electrons. The molecule has 0 N–H and O–H groups in total. The first kappa shape index (κ1) is 14.3. The summed E-state index contributed by atoms with van der Waals surface area (Å²) in [4.78, 5) is 16.7. The minimum Gasteiger partial charge on any atom is -0.335 e. The Morgan fingerprint density at radius 2 is 2.00 bits per heavy atom. The minimum absolute atomic E-state index is 0.149. The van der Waals surface area contributed by atoms with E-state index >= 15 is 0 Å². The molecule has 1 aliphatic rings. The number of carbonyl (C=O) groups is 1. The van der Waals surface area contributed by atoms with Crippen molar-refractivity contribution in [1.82, 2.24) is 4.90 Å². The number of hydrogen-bond donors (Lipinski definition) is 0. The van der Waals surface area contributed by atoms with Gasteiger partial charge in [0, 0.05) is 22.9 Å². The smallest absolute Gasteiger partial charge is 0.246 e. The maximum Gasteiger partial charge on any atom is 0.246 e. The van der Waals surface area contributed by atoms with Crippen molar-refractivity contribution in [1.29, 1.82) is 0 Å². The molecule has 3 heteroatoms. The first-order chi connectivity index (χ1) is 9.08. The van der Waals surface area contributed by atoms with Gasteiger partial charge >= 0.3 is 0 Å². The lowest BCUT2D eigenvalue weighted by Crippen LogP contribution is -2.28. The molecule has 0 saturated heterocycles. The van der Waals surface area contributed by atoms with Crippen LogP contribution in [0.5, 0.6) is 0 Å². The van der Waals surface area contributed by atoms with Crippen molar-refractivity contribution in [3.63, 3.8) is 0 Å². The Bertz CT molecular complexity index is 467. The van der Waals surface area contributed by atoms with Gasteiger partial charge in [-0.05, 0) is 51.7 Å². The third-order valence-electron chi connectivity index (χ3n) is 3.92. The highest BCUT2D eigenvalue weighted by atomic mass is 32.1. The van der Waals surface area contributed by atoms with Crippen LogP contribution in [0.3, 0.4) is 0 Å². The summed E-state index contributed by atoms with van der Waals surface area (Å²) < 4.78 is 0. The van der Waals surface area contributed by atoms with Crippen LogP contribution >= 0.6 is 11.3 Å². The van der Waals surface area contributed by atoms with Crippen LogP contribution in [0.4, 0.5) is 0 Å². The molecule has 1 aliphatic carbocycles. The molecule has 1 aromatic heterocycles. The van der Waals surface area contributed by atoms with Crippen LogP contribution in [0, 0.1) is 6.92 Å². The number of carbonyl (C=O) groups excluding carboxylic acids is 1. The summed E-state index contributed by atoms with van der Waals surface area (Å²) in [5.41, 5.74) is 1.33. The van der Waals surface area contributed by atoms with Gasteiger partial charge in [-0.15, -0.1) is 11.3 Å². The summed E-state index contributed by atoms with van der Waals surface area (Å²) in [5, 5.41) is 0. The summed E-state index contributed by atoms with van der Waals surface area (Å²) in [5.74, 6) is 0.149. The third-order valence-corrected chi connectivity index (χ3v) is 5.10. The Labute approximate surface area is 120 Å². The van der Waals surface area contributed by atoms with Gasteiger partial charge in [-0.1, -0.05) is 12.0 Å². The second-order valence-corrected chi connectivity index (χ2v) is 6.76. The van der Waals surface area contributed by atoms with Crippen LogP contribution in [0.2, 0.25) is 0 Å². The second kappa shape index (κ2) is 6.38. The number of rotatable bonds is 3. The van der Waals surface area contributed by atoms with Gasteiger partial charge in [0.15, 0.2) is 0 Å². The molecule has 1 amide bonds. The van der Waals surface area contributed by atoms with E-state index in [1.54, 1.807) is 11.3 Å². The zero-order valence-electron chi connectivity index (χ0n) is 12.1. The van der Waals surface area contributed by atoms with Crippen molar-refractivity contribution >= 4 is 17.2 Å². The lowest BCUT2D eigenvalue weighted by molar-refractivity contribution is -0.126. The van der Waals surface area contributed by atoms with Crippen LogP contribution < -0.4 is 0 Å². The van der Waals surface area contributed by atoms with E-state index in [-0.39, 0.29) is 11.9 Å². The quantitative estimate of drug-likeness (QED) is 0.747. The van der Waals surface area contributed by atoms with Gasteiger partial charge < -0.3 is 4.90 Å². The Balaban J connectivity index is 2.02. The fraction of sp³-hybridized carbons (Fsp3) is 0.562. The molecule has 0 radical (unpaired) electrons. The average molecular weight is 277 g/mol. The van der Waals surface area contributed by atoms with E-state index in [2.05, 4.69) is 26.0 Å². The van der Waals surface area contributed by atoms with Crippen molar-refractivity contribution in [2.24, 2.45) is 0 Å². The summed E-state index contributed by atoms with van der Waals surface area (Å²) in [7, 11) is 1.90. The molecule has 1 saturated carbocycles. The molecular weight excluding hydrogens is 254 g/mol. The molecule has 2 rings (SSSR count). The van der Waals surface area contributed by atoms with Gasteiger partial charge in [0.25, 0.3) is 0 Å². The van der Waals surface area contributed by atoms with Gasteiger partial charge in [0.2, 0.25) is 5.91 Å². The second-order valence-electron chi connectivity index (χ2n) is 5.44. The monoisotopic (exact) mass is 277 g/mol. The molecule has 2 nitrogen and oxygen atoms in total. The Kier molecular flexibility index (Phi) is 4.81. The van der Waals surface area contributed by atoms with E-state index in [0.717, 1.165) is 12.8 Å². The Morgan fingerprint density at radius 1 is 1.32 bits per heavy atom. The van der Waals surface area contributed by atoms with Crippen molar-refractivity contribution in [3.05, 3.63) is 33.5 Å². The molecule has 1 unspecified atom stereocenters. The molecule has 0 aromatic carbocycles. The van der Waals surface area contributed by atoms with E-state index in [4.69, 9.17) is 0 Å². The van der Waals surface area contributed by atoms with Crippen LogP contribution in [0.15, 0.2) is 23.8 Å². The Morgan fingerprint density at radius 3 is 2.58 bits per heavy atom.